The number of nitrogens with zero attached hydrogens (tertiary/aromatic N) is 2. The molecule has 1 fully saturated rings. The van der Waals surface area contributed by atoms with Gasteiger partial charge >= 0.3 is 0 Å². The molecule has 4 nitrogen and oxygen atoms in total. The Morgan fingerprint density at radius 2 is 2.06 bits per heavy atom. The lowest BCUT2D eigenvalue weighted by molar-refractivity contribution is 0.339. The Bertz CT molecular complexity index is 438. The van der Waals surface area contributed by atoms with Crippen LogP contribution in [-0.2, 0) is 0 Å². The number of hydrogen-bond acceptors (Lipinski definition) is 3. The van der Waals surface area contributed by atoms with E-state index in [2.05, 4.69) is 37.7 Å². The molecule has 1 aliphatic rings. The molecule has 1 aromatic rings. The second-order valence-corrected chi connectivity index (χ2v) is 5.69. The summed E-state index contributed by atoms with van der Waals surface area (Å²) >= 11 is 3.31. The highest BCUT2D eigenvalue weighted by Gasteiger charge is 2.24. The van der Waals surface area contributed by atoms with Gasteiger partial charge in [0.1, 0.15) is 10.3 Å². The lowest BCUT2D eigenvalue weighted by Crippen LogP contribution is -2.36. The van der Waals surface area contributed by atoms with E-state index in [0.717, 1.165) is 11.7 Å². The maximum absolute atomic E-state index is 11.5. The summed E-state index contributed by atoms with van der Waals surface area (Å²) in [7, 11) is 2.02. The van der Waals surface area contributed by atoms with Crippen LogP contribution in [0.5, 0.6) is 0 Å². The summed E-state index contributed by atoms with van der Waals surface area (Å²) in [6.07, 6.45) is 6.34. The summed E-state index contributed by atoms with van der Waals surface area (Å²) in [4.78, 5) is 20.5. The van der Waals surface area contributed by atoms with Crippen molar-refractivity contribution in [1.82, 2.24) is 9.97 Å². The molecule has 1 aromatic heterocycles. The largest absolute Gasteiger partial charge is 0.356 e. The minimum Gasteiger partial charge on any atom is -0.356 e. The molecule has 1 heterocycles. The average molecular weight is 300 g/mol. The molecule has 0 aromatic carbocycles. The number of hydrogen-bond donors (Lipinski definition) is 1. The van der Waals surface area contributed by atoms with E-state index in [1.54, 1.807) is 0 Å². The Morgan fingerprint density at radius 3 is 2.71 bits per heavy atom. The summed E-state index contributed by atoms with van der Waals surface area (Å²) in [5.41, 5.74) is -0.119. The highest BCUT2D eigenvalue weighted by molar-refractivity contribution is 9.10. The van der Waals surface area contributed by atoms with E-state index in [1.807, 2.05) is 7.05 Å². The number of nitrogens with one attached hydrogen (secondary N) is 1. The number of halogens is 1. The average Bonchev–Trinajstić information content (AvgIpc) is 2.33. The van der Waals surface area contributed by atoms with Gasteiger partial charge in [-0.25, -0.2) is 4.98 Å². The van der Waals surface area contributed by atoms with Crippen molar-refractivity contribution in [3.05, 3.63) is 21.2 Å². The molecule has 17 heavy (non-hydrogen) atoms. The van der Waals surface area contributed by atoms with Crippen LogP contribution in [-0.4, -0.2) is 23.1 Å². The van der Waals surface area contributed by atoms with Gasteiger partial charge < -0.3 is 9.88 Å². The lowest BCUT2D eigenvalue weighted by Gasteiger charge is -2.34. The first-order chi connectivity index (χ1) is 8.09. The van der Waals surface area contributed by atoms with Gasteiger partial charge in [0, 0.05) is 13.1 Å². The molecule has 0 bridgehead atoms. The van der Waals surface area contributed by atoms with Gasteiger partial charge in [0.05, 0.1) is 6.33 Å². The van der Waals surface area contributed by atoms with Crippen molar-refractivity contribution >= 4 is 21.7 Å². The number of rotatable bonds is 2. The zero-order valence-corrected chi connectivity index (χ0v) is 11.8. The van der Waals surface area contributed by atoms with Gasteiger partial charge in [0.15, 0.2) is 0 Å². The minimum atomic E-state index is -0.119. The van der Waals surface area contributed by atoms with Crippen molar-refractivity contribution < 1.29 is 0 Å². The highest BCUT2D eigenvalue weighted by atomic mass is 79.9. The van der Waals surface area contributed by atoms with Crippen LogP contribution in [0.15, 0.2) is 15.6 Å². The Hall–Kier alpha value is -0.840. The van der Waals surface area contributed by atoms with E-state index >= 15 is 0 Å². The first kappa shape index (κ1) is 12.6. The lowest BCUT2D eigenvalue weighted by atomic mass is 9.87. The molecule has 0 amide bonds. The highest BCUT2D eigenvalue weighted by Crippen LogP contribution is 2.30. The summed E-state index contributed by atoms with van der Waals surface area (Å²) in [5, 5.41) is 0. The standard InChI is InChI=1S/C12H18BrN3O/c1-8-3-5-9(6-4-8)16(2)11-10(13)12(17)15-7-14-11/h7-9H,3-6H2,1-2H3,(H,14,15,17). The smallest absolute Gasteiger partial charge is 0.267 e. The summed E-state index contributed by atoms with van der Waals surface area (Å²) in [5.74, 6) is 1.57. The number of anilines is 1. The van der Waals surface area contributed by atoms with Crippen LogP contribution in [0.3, 0.4) is 0 Å². The van der Waals surface area contributed by atoms with Gasteiger partial charge in [-0.15, -0.1) is 0 Å². The maximum atomic E-state index is 11.5. The number of aromatic amines is 1. The molecule has 0 saturated heterocycles. The normalized spacial score (nSPS) is 24.6. The van der Waals surface area contributed by atoms with Gasteiger partial charge in [-0.05, 0) is 47.5 Å². The molecule has 2 rings (SSSR count). The fourth-order valence-corrected chi connectivity index (χ4v) is 2.92. The zero-order chi connectivity index (χ0) is 12.4. The summed E-state index contributed by atoms with van der Waals surface area (Å²) in [6, 6.07) is 0.497. The van der Waals surface area contributed by atoms with E-state index in [9.17, 15) is 4.79 Å². The topological polar surface area (TPSA) is 49.0 Å². The van der Waals surface area contributed by atoms with Gasteiger partial charge in [-0.3, -0.25) is 4.79 Å². The zero-order valence-electron chi connectivity index (χ0n) is 10.2. The van der Waals surface area contributed by atoms with Crippen LogP contribution in [0.4, 0.5) is 5.82 Å². The molecule has 1 saturated carbocycles. The third-order valence-electron chi connectivity index (χ3n) is 3.65. The molecular weight excluding hydrogens is 282 g/mol. The van der Waals surface area contributed by atoms with Gasteiger partial charge in [0.2, 0.25) is 0 Å². The van der Waals surface area contributed by atoms with E-state index in [-0.39, 0.29) is 5.56 Å². The van der Waals surface area contributed by atoms with E-state index in [0.29, 0.717) is 10.5 Å². The maximum Gasteiger partial charge on any atom is 0.267 e. The van der Waals surface area contributed by atoms with Crippen molar-refractivity contribution in [2.45, 2.75) is 38.6 Å². The SMILES string of the molecule is CC1CCC(N(C)c2nc[nH]c(=O)c2Br)CC1. The molecular formula is C12H18BrN3O. The molecule has 0 aliphatic heterocycles. The van der Waals surface area contributed by atoms with E-state index in [1.165, 1.54) is 32.0 Å². The Labute approximate surface area is 110 Å². The molecule has 0 radical (unpaired) electrons. The van der Waals surface area contributed by atoms with E-state index in [4.69, 9.17) is 0 Å². The molecule has 0 spiro atoms. The molecule has 1 N–H and O–H groups in total. The van der Waals surface area contributed by atoms with Crippen LogP contribution < -0.4 is 10.5 Å². The third-order valence-corrected chi connectivity index (χ3v) is 4.36. The fraction of sp³-hybridized carbons (Fsp3) is 0.667. The molecule has 0 unspecified atom stereocenters. The van der Waals surface area contributed by atoms with Crippen LogP contribution >= 0.6 is 15.9 Å². The quantitative estimate of drug-likeness (QED) is 0.913. The minimum absolute atomic E-state index is 0.119. The van der Waals surface area contributed by atoms with Gasteiger partial charge in [-0.2, -0.15) is 0 Å². The third kappa shape index (κ3) is 2.70. The Morgan fingerprint density at radius 1 is 1.41 bits per heavy atom. The predicted molar refractivity (Wildman–Crippen MR) is 72.4 cm³/mol. The summed E-state index contributed by atoms with van der Waals surface area (Å²) in [6.45, 7) is 2.30. The second-order valence-electron chi connectivity index (χ2n) is 4.89. The number of H-pyrrole nitrogens is 1. The fourth-order valence-electron chi connectivity index (χ4n) is 2.42. The van der Waals surface area contributed by atoms with Crippen molar-refractivity contribution in [2.75, 3.05) is 11.9 Å². The molecule has 94 valence electrons. The Balaban J connectivity index is 2.17. The van der Waals surface area contributed by atoms with Crippen LogP contribution in [0.1, 0.15) is 32.6 Å². The van der Waals surface area contributed by atoms with Crippen molar-refractivity contribution in [1.29, 1.82) is 0 Å². The Kier molecular flexibility index (Phi) is 3.86. The van der Waals surface area contributed by atoms with Crippen molar-refractivity contribution in [3.63, 3.8) is 0 Å². The van der Waals surface area contributed by atoms with Gasteiger partial charge in [0.25, 0.3) is 5.56 Å². The van der Waals surface area contributed by atoms with Crippen LogP contribution in [0.25, 0.3) is 0 Å². The van der Waals surface area contributed by atoms with Gasteiger partial charge in [-0.1, -0.05) is 6.92 Å². The molecule has 5 heteroatoms. The van der Waals surface area contributed by atoms with E-state index < -0.39 is 0 Å². The molecule has 1 aliphatic carbocycles. The molecule has 0 atom stereocenters. The predicted octanol–water partition coefficient (Wildman–Crippen LogP) is 2.55. The summed E-state index contributed by atoms with van der Waals surface area (Å²) < 4.78 is 0.529. The first-order valence-corrected chi connectivity index (χ1v) is 6.85. The first-order valence-electron chi connectivity index (χ1n) is 6.05. The van der Waals surface area contributed by atoms with Crippen molar-refractivity contribution in [2.24, 2.45) is 5.92 Å². The van der Waals surface area contributed by atoms with Crippen LogP contribution in [0.2, 0.25) is 0 Å². The van der Waals surface area contributed by atoms with Crippen LogP contribution in [0, 0.1) is 5.92 Å². The monoisotopic (exact) mass is 299 g/mol. The van der Waals surface area contributed by atoms with Crippen molar-refractivity contribution in [3.8, 4) is 0 Å². The number of aromatic nitrogens is 2. The second kappa shape index (κ2) is 5.21.